The van der Waals surface area contributed by atoms with Gasteiger partial charge in [-0.2, -0.15) is 18.3 Å². The van der Waals surface area contributed by atoms with Gasteiger partial charge in [-0.15, -0.1) is 0 Å². The van der Waals surface area contributed by atoms with E-state index >= 15 is 0 Å². The molecule has 2 aliphatic carbocycles. The molecule has 41 heavy (non-hydrogen) atoms. The van der Waals surface area contributed by atoms with Crippen LogP contribution in [-0.4, -0.2) is 37.3 Å². The van der Waals surface area contributed by atoms with Crippen molar-refractivity contribution in [3.05, 3.63) is 59.3 Å². The number of alkyl halides is 5. The van der Waals surface area contributed by atoms with Crippen LogP contribution in [0.4, 0.5) is 22.0 Å². The topological polar surface area (TPSA) is 101 Å². The molecule has 0 saturated heterocycles. The van der Waals surface area contributed by atoms with Gasteiger partial charge < -0.3 is 10.6 Å². The van der Waals surface area contributed by atoms with Crippen molar-refractivity contribution in [3.8, 4) is 0 Å². The summed E-state index contributed by atoms with van der Waals surface area (Å²) in [4.78, 5) is 33.4. The first-order valence-corrected chi connectivity index (χ1v) is 13.8. The maximum absolute atomic E-state index is 14.0. The van der Waals surface area contributed by atoms with Gasteiger partial charge in [-0.05, 0) is 67.7 Å². The van der Waals surface area contributed by atoms with Crippen LogP contribution in [0.3, 0.4) is 0 Å². The second-order valence-electron chi connectivity index (χ2n) is 11.0. The predicted molar refractivity (Wildman–Crippen MR) is 138 cm³/mol. The lowest BCUT2D eigenvalue weighted by molar-refractivity contribution is -0.141. The maximum atomic E-state index is 14.0. The van der Waals surface area contributed by atoms with Crippen LogP contribution in [-0.2, 0) is 11.0 Å². The number of nitrogens with zero attached hydrogens (tertiary/aromatic N) is 4. The molecular formula is C28H31F5N6O2. The molecular weight excluding hydrogens is 547 g/mol. The summed E-state index contributed by atoms with van der Waals surface area (Å²) in [6.45, 7) is 1.93. The Morgan fingerprint density at radius 1 is 1.07 bits per heavy atom. The van der Waals surface area contributed by atoms with Gasteiger partial charge in [0.05, 0.1) is 30.2 Å². The van der Waals surface area contributed by atoms with Crippen molar-refractivity contribution in [2.45, 2.75) is 82.5 Å². The normalized spacial score (nSPS) is 19.1. The number of fused-ring (bicyclic) bond motifs is 1. The third-order valence-electron chi connectivity index (χ3n) is 7.76. The number of hydrogen-bond acceptors (Lipinski definition) is 5. The highest BCUT2D eigenvalue weighted by Gasteiger charge is 2.40. The minimum absolute atomic E-state index is 0.0463. The number of hydrogen-bond donors (Lipinski definition) is 2. The quantitative estimate of drug-likeness (QED) is 0.312. The van der Waals surface area contributed by atoms with Crippen molar-refractivity contribution in [2.24, 2.45) is 11.8 Å². The number of carbonyl (C=O) groups excluding carboxylic acids is 2. The molecule has 2 atom stereocenters. The van der Waals surface area contributed by atoms with Crippen LogP contribution in [0, 0.1) is 11.8 Å². The third-order valence-corrected chi connectivity index (χ3v) is 7.76. The van der Waals surface area contributed by atoms with E-state index in [2.05, 4.69) is 25.7 Å². The first kappa shape index (κ1) is 28.9. The fraction of sp³-hybridized carbons (Fsp3) is 0.536. The summed E-state index contributed by atoms with van der Waals surface area (Å²) in [7, 11) is 0. The van der Waals surface area contributed by atoms with Crippen LogP contribution in [0.25, 0.3) is 5.65 Å². The van der Waals surface area contributed by atoms with Crippen LogP contribution in [0.15, 0.2) is 36.8 Å². The van der Waals surface area contributed by atoms with E-state index in [-0.39, 0.29) is 43.2 Å². The third kappa shape index (κ3) is 6.82. The van der Waals surface area contributed by atoms with Crippen molar-refractivity contribution in [1.82, 2.24) is 30.2 Å². The Hall–Kier alpha value is -3.64. The Labute approximate surface area is 233 Å². The zero-order valence-electron chi connectivity index (χ0n) is 22.4. The van der Waals surface area contributed by atoms with Gasteiger partial charge >= 0.3 is 6.18 Å². The summed E-state index contributed by atoms with van der Waals surface area (Å²) >= 11 is 0. The van der Waals surface area contributed by atoms with E-state index in [4.69, 9.17) is 0 Å². The van der Waals surface area contributed by atoms with Crippen LogP contribution in [0.5, 0.6) is 0 Å². The van der Waals surface area contributed by atoms with E-state index in [0.717, 1.165) is 31.0 Å². The molecule has 0 unspecified atom stereocenters. The second-order valence-corrected chi connectivity index (χ2v) is 11.0. The number of rotatable bonds is 9. The maximum Gasteiger partial charge on any atom is 0.433 e. The summed E-state index contributed by atoms with van der Waals surface area (Å²) in [6, 6.07) is 2.58. The second kappa shape index (κ2) is 11.3. The molecule has 13 heteroatoms. The molecule has 3 heterocycles. The SMILES string of the molecule is CCCC(=O)N[C@@H](c1cnn2cc([C@@H](NC(=O)c3ccnc(C(F)(F)F)c3)C3CCC(F)(F)CC3)nc2c1)C1CC1. The van der Waals surface area contributed by atoms with Gasteiger partial charge in [-0.3, -0.25) is 14.6 Å². The predicted octanol–water partition coefficient (Wildman–Crippen LogP) is 5.81. The molecule has 0 aliphatic heterocycles. The van der Waals surface area contributed by atoms with Crippen LogP contribution >= 0.6 is 0 Å². The zero-order valence-corrected chi connectivity index (χ0v) is 22.4. The number of imidazole rings is 1. The Balaban J connectivity index is 1.44. The lowest BCUT2D eigenvalue weighted by Crippen LogP contribution is -2.37. The van der Waals surface area contributed by atoms with Gasteiger partial charge in [0.15, 0.2) is 5.65 Å². The minimum Gasteiger partial charge on any atom is -0.349 e. The van der Waals surface area contributed by atoms with Gasteiger partial charge in [0.2, 0.25) is 11.8 Å². The van der Waals surface area contributed by atoms with Crippen molar-refractivity contribution >= 4 is 17.5 Å². The standard InChI is InChI=1S/C28H31F5N6O2/c1-2-3-23(40)37-24(16-4-5-16)19-13-22-36-20(15-39(22)35-14-19)25(17-6-9-27(29,30)10-7-17)38-26(41)18-8-11-34-21(12-18)28(31,32)33/h8,11-17,24-25H,2-7,9-10H2,1H3,(H,37,40)(H,38,41)/t24-,25+/m1/s1. The van der Waals surface area contributed by atoms with Crippen molar-refractivity contribution in [1.29, 1.82) is 0 Å². The summed E-state index contributed by atoms with van der Waals surface area (Å²) < 4.78 is 69.0. The summed E-state index contributed by atoms with van der Waals surface area (Å²) in [5, 5.41) is 10.3. The highest BCUT2D eigenvalue weighted by Crippen LogP contribution is 2.43. The molecule has 0 aromatic carbocycles. The Bertz CT molecular complexity index is 1410. The summed E-state index contributed by atoms with van der Waals surface area (Å²) in [6.07, 6.45) is 1.97. The monoisotopic (exact) mass is 578 g/mol. The molecule has 0 bridgehead atoms. The number of carbonyl (C=O) groups is 2. The lowest BCUT2D eigenvalue weighted by Gasteiger charge is -2.33. The smallest absolute Gasteiger partial charge is 0.349 e. The first-order chi connectivity index (χ1) is 19.4. The fourth-order valence-electron chi connectivity index (χ4n) is 5.39. The average Bonchev–Trinajstić information content (AvgIpc) is 3.68. The molecule has 0 spiro atoms. The highest BCUT2D eigenvalue weighted by atomic mass is 19.4. The van der Waals surface area contributed by atoms with Crippen molar-refractivity contribution in [3.63, 3.8) is 0 Å². The van der Waals surface area contributed by atoms with Crippen molar-refractivity contribution in [2.75, 3.05) is 0 Å². The van der Waals surface area contributed by atoms with E-state index in [1.54, 1.807) is 18.5 Å². The van der Waals surface area contributed by atoms with E-state index in [1.807, 2.05) is 6.92 Å². The zero-order chi connectivity index (χ0) is 29.4. The number of pyridine rings is 1. The average molecular weight is 579 g/mol. The lowest BCUT2D eigenvalue weighted by atomic mass is 9.81. The van der Waals surface area contributed by atoms with E-state index in [0.29, 0.717) is 29.7 Å². The Morgan fingerprint density at radius 3 is 2.44 bits per heavy atom. The van der Waals surface area contributed by atoms with Gasteiger partial charge in [0.1, 0.15) is 5.69 Å². The number of amides is 2. The van der Waals surface area contributed by atoms with Crippen LogP contribution in [0.1, 0.15) is 97.7 Å². The largest absolute Gasteiger partial charge is 0.433 e. The van der Waals surface area contributed by atoms with Crippen molar-refractivity contribution < 1.29 is 31.5 Å². The van der Waals surface area contributed by atoms with Gasteiger partial charge in [-0.25, -0.2) is 18.3 Å². The highest BCUT2D eigenvalue weighted by molar-refractivity contribution is 5.94. The molecule has 0 radical (unpaired) electrons. The fourth-order valence-corrected chi connectivity index (χ4v) is 5.39. The molecule has 2 amide bonds. The number of halogens is 5. The molecule has 8 nitrogen and oxygen atoms in total. The molecule has 3 aromatic rings. The van der Waals surface area contributed by atoms with E-state index < -0.39 is 35.7 Å². The van der Waals surface area contributed by atoms with Crippen LogP contribution in [0.2, 0.25) is 0 Å². The minimum atomic E-state index is -4.73. The van der Waals surface area contributed by atoms with Crippen LogP contribution < -0.4 is 10.6 Å². The van der Waals surface area contributed by atoms with Gasteiger partial charge in [-0.1, -0.05) is 6.92 Å². The molecule has 5 rings (SSSR count). The molecule has 220 valence electrons. The molecule has 2 fully saturated rings. The first-order valence-electron chi connectivity index (χ1n) is 13.8. The van der Waals surface area contributed by atoms with E-state index in [1.165, 1.54) is 10.6 Å². The Kier molecular flexibility index (Phi) is 7.97. The molecule has 3 aromatic heterocycles. The molecule has 2 N–H and O–H groups in total. The molecule has 2 aliphatic rings. The number of nitrogens with one attached hydrogen (secondary N) is 2. The molecule has 2 saturated carbocycles. The van der Waals surface area contributed by atoms with E-state index in [9.17, 15) is 31.5 Å². The van der Waals surface area contributed by atoms with Gasteiger partial charge in [0.25, 0.3) is 5.91 Å². The van der Waals surface area contributed by atoms with Gasteiger partial charge in [0, 0.05) is 31.0 Å². The number of aromatic nitrogens is 4. The Morgan fingerprint density at radius 2 is 1.78 bits per heavy atom. The summed E-state index contributed by atoms with van der Waals surface area (Å²) in [5.74, 6) is -3.77. The summed E-state index contributed by atoms with van der Waals surface area (Å²) in [5.41, 5.74) is 0.131.